The van der Waals surface area contributed by atoms with Crippen molar-refractivity contribution in [3.63, 3.8) is 0 Å². The third kappa shape index (κ3) is 4.75. The highest BCUT2D eigenvalue weighted by atomic mass is 35.5. The second-order valence-electron chi connectivity index (χ2n) is 6.75. The molecule has 2 nitrogen and oxygen atoms in total. The summed E-state index contributed by atoms with van der Waals surface area (Å²) in [5.41, 5.74) is -0.785. The number of alkyl halides is 3. The zero-order valence-electron chi connectivity index (χ0n) is 13.5. The second kappa shape index (κ2) is 7.60. The van der Waals surface area contributed by atoms with Crippen LogP contribution in [0.15, 0.2) is 18.2 Å². The van der Waals surface area contributed by atoms with Crippen molar-refractivity contribution in [2.75, 3.05) is 26.2 Å². The fraction of sp³-hybridized carbons (Fsp3) is 0.625. The largest absolute Gasteiger partial charge is 0.416 e. The maximum absolute atomic E-state index is 13.5. The van der Waals surface area contributed by atoms with Gasteiger partial charge in [0.2, 0.25) is 0 Å². The molecule has 1 atom stereocenters. The van der Waals surface area contributed by atoms with Crippen LogP contribution in [0.3, 0.4) is 0 Å². The van der Waals surface area contributed by atoms with E-state index in [0.717, 1.165) is 19.2 Å². The van der Waals surface area contributed by atoms with Crippen molar-refractivity contribution in [3.8, 4) is 0 Å². The summed E-state index contributed by atoms with van der Waals surface area (Å²) >= 11 is 6.21. The predicted molar refractivity (Wildman–Crippen MR) is 90.3 cm³/mol. The molecule has 1 N–H and O–H groups in total. The summed E-state index contributed by atoms with van der Waals surface area (Å²) in [7, 11) is 0. The Hall–Kier alpha value is -0.490. The molecule has 1 aromatic carbocycles. The number of hydrogen-bond acceptors (Lipinski definition) is 2. The van der Waals surface area contributed by atoms with E-state index >= 15 is 0 Å². The average molecular weight is 371 g/mol. The first-order chi connectivity index (χ1) is 10.1. The van der Waals surface area contributed by atoms with Gasteiger partial charge in [0.15, 0.2) is 0 Å². The molecule has 1 saturated heterocycles. The van der Waals surface area contributed by atoms with E-state index in [1.165, 1.54) is 6.07 Å². The first kappa shape index (κ1) is 20.6. The maximum Gasteiger partial charge on any atom is 0.416 e. The van der Waals surface area contributed by atoms with E-state index < -0.39 is 11.7 Å². The Morgan fingerprint density at radius 2 is 1.70 bits per heavy atom. The van der Waals surface area contributed by atoms with Gasteiger partial charge in [-0.3, -0.25) is 4.90 Å². The summed E-state index contributed by atoms with van der Waals surface area (Å²) in [6.45, 7) is 8.86. The Morgan fingerprint density at radius 1 is 1.13 bits per heavy atom. The van der Waals surface area contributed by atoms with E-state index in [9.17, 15) is 13.2 Å². The highest BCUT2D eigenvalue weighted by Crippen LogP contribution is 2.46. The topological polar surface area (TPSA) is 15.3 Å². The van der Waals surface area contributed by atoms with Crippen molar-refractivity contribution in [2.45, 2.75) is 33.0 Å². The van der Waals surface area contributed by atoms with Gasteiger partial charge in [0, 0.05) is 42.8 Å². The minimum Gasteiger partial charge on any atom is -0.314 e. The van der Waals surface area contributed by atoms with Crippen molar-refractivity contribution >= 4 is 24.0 Å². The Bertz CT molecular complexity index is 521. The van der Waals surface area contributed by atoms with Crippen LogP contribution in [0.25, 0.3) is 0 Å². The number of piperazine rings is 1. The van der Waals surface area contributed by atoms with Crippen LogP contribution in [0.2, 0.25) is 5.02 Å². The van der Waals surface area contributed by atoms with Crippen LogP contribution < -0.4 is 5.32 Å². The molecule has 0 saturated carbocycles. The van der Waals surface area contributed by atoms with Crippen molar-refractivity contribution in [1.29, 1.82) is 0 Å². The average Bonchev–Trinajstić information content (AvgIpc) is 2.39. The lowest BCUT2D eigenvalue weighted by Crippen LogP contribution is -2.48. The van der Waals surface area contributed by atoms with Crippen LogP contribution in [-0.4, -0.2) is 31.1 Å². The van der Waals surface area contributed by atoms with Crippen LogP contribution in [0, 0.1) is 5.41 Å². The van der Waals surface area contributed by atoms with Crippen LogP contribution in [-0.2, 0) is 6.18 Å². The van der Waals surface area contributed by atoms with Crippen LogP contribution in [0.5, 0.6) is 0 Å². The smallest absolute Gasteiger partial charge is 0.314 e. The van der Waals surface area contributed by atoms with Crippen LogP contribution in [0.4, 0.5) is 13.2 Å². The quantitative estimate of drug-likeness (QED) is 0.806. The Kier molecular flexibility index (Phi) is 6.79. The highest BCUT2D eigenvalue weighted by Gasteiger charge is 2.41. The molecule has 0 radical (unpaired) electrons. The molecule has 1 aliphatic heterocycles. The minimum atomic E-state index is -4.40. The Balaban J connectivity index is 0.00000264. The molecule has 1 aliphatic rings. The molecule has 0 amide bonds. The SMILES string of the molecule is CC(C)(C)[C@H](c1c(Cl)cccc1C(F)(F)F)N1CCNCC1.Cl. The summed E-state index contributed by atoms with van der Waals surface area (Å²) < 4.78 is 40.4. The molecule has 1 heterocycles. The molecule has 7 heteroatoms. The number of halogens is 5. The third-order valence-electron chi connectivity index (χ3n) is 3.97. The zero-order chi connectivity index (χ0) is 16.5. The van der Waals surface area contributed by atoms with Gasteiger partial charge in [0.1, 0.15) is 0 Å². The molecule has 1 aromatic rings. The predicted octanol–water partition coefficient (Wildman–Crippen LogP) is 4.77. The number of benzene rings is 1. The van der Waals surface area contributed by atoms with Gasteiger partial charge in [-0.2, -0.15) is 13.2 Å². The molecule has 0 aliphatic carbocycles. The highest BCUT2D eigenvalue weighted by molar-refractivity contribution is 6.31. The van der Waals surface area contributed by atoms with Gasteiger partial charge in [-0.15, -0.1) is 12.4 Å². The van der Waals surface area contributed by atoms with Gasteiger partial charge in [-0.05, 0) is 17.5 Å². The fourth-order valence-electron chi connectivity index (χ4n) is 3.17. The first-order valence-electron chi connectivity index (χ1n) is 7.43. The summed E-state index contributed by atoms with van der Waals surface area (Å²) in [6, 6.07) is 3.67. The third-order valence-corrected chi connectivity index (χ3v) is 4.30. The van der Waals surface area contributed by atoms with Gasteiger partial charge >= 0.3 is 6.18 Å². The van der Waals surface area contributed by atoms with Gasteiger partial charge in [0.25, 0.3) is 0 Å². The van der Waals surface area contributed by atoms with Crippen LogP contribution >= 0.6 is 24.0 Å². The molecule has 2 rings (SSSR count). The van der Waals surface area contributed by atoms with E-state index in [1.54, 1.807) is 6.07 Å². The molecule has 0 unspecified atom stereocenters. The lowest BCUT2D eigenvalue weighted by Gasteiger charge is -2.43. The van der Waals surface area contributed by atoms with Gasteiger partial charge in [-0.1, -0.05) is 38.4 Å². The van der Waals surface area contributed by atoms with Gasteiger partial charge in [-0.25, -0.2) is 0 Å². The molecule has 23 heavy (non-hydrogen) atoms. The van der Waals surface area contributed by atoms with Crippen molar-refractivity contribution < 1.29 is 13.2 Å². The number of nitrogens with one attached hydrogen (secondary N) is 1. The zero-order valence-corrected chi connectivity index (χ0v) is 15.1. The first-order valence-corrected chi connectivity index (χ1v) is 7.80. The minimum absolute atomic E-state index is 0. The van der Waals surface area contributed by atoms with Gasteiger partial charge in [0.05, 0.1) is 5.56 Å². The molecule has 132 valence electrons. The van der Waals surface area contributed by atoms with E-state index in [1.807, 2.05) is 20.8 Å². The molecular weight excluding hydrogens is 348 g/mol. The summed E-state index contributed by atoms with van der Waals surface area (Å²) in [4.78, 5) is 2.10. The second-order valence-corrected chi connectivity index (χ2v) is 7.16. The van der Waals surface area contributed by atoms with E-state index in [0.29, 0.717) is 13.1 Å². The fourth-order valence-corrected chi connectivity index (χ4v) is 3.44. The molecule has 0 aromatic heterocycles. The number of nitrogens with zero attached hydrogens (tertiary/aromatic N) is 1. The lowest BCUT2D eigenvalue weighted by atomic mass is 9.79. The Morgan fingerprint density at radius 3 is 2.17 bits per heavy atom. The molecule has 0 spiro atoms. The Labute approximate surface area is 146 Å². The normalized spacial score (nSPS) is 18.4. The van der Waals surface area contributed by atoms with Crippen molar-refractivity contribution in [2.24, 2.45) is 5.41 Å². The lowest BCUT2D eigenvalue weighted by molar-refractivity contribution is -0.139. The monoisotopic (exact) mass is 370 g/mol. The molecule has 1 fully saturated rings. The molecule has 0 bridgehead atoms. The number of hydrogen-bond donors (Lipinski definition) is 1. The summed E-state index contributed by atoms with van der Waals surface area (Å²) in [5, 5.41) is 3.42. The van der Waals surface area contributed by atoms with E-state index in [2.05, 4.69) is 10.2 Å². The standard InChI is InChI=1S/C16H22ClF3N2.ClH/c1-15(2,3)14(22-9-7-21-8-10-22)13-11(16(18,19)20)5-4-6-12(13)17;/h4-6,14,21H,7-10H2,1-3H3;1H/t14-;/m0./s1. The summed E-state index contributed by atoms with van der Waals surface area (Å²) in [6.07, 6.45) is -4.40. The van der Waals surface area contributed by atoms with Crippen LogP contribution in [0.1, 0.15) is 37.9 Å². The van der Waals surface area contributed by atoms with Crippen molar-refractivity contribution in [3.05, 3.63) is 34.3 Å². The van der Waals surface area contributed by atoms with Crippen molar-refractivity contribution in [1.82, 2.24) is 10.2 Å². The number of rotatable bonds is 2. The summed E-state index contributed by atoms with van der Waals surface area (Å²) in [5.74, 6) is 0. The molecular formula is C16H23Cl2F3N2. The van der Waals surface area contributed by atoms with E-state index in [4.69, 9.17) is 11.6 Å². The maximum atomic E-state index is 13.5. The van der Waals surface area contributed by atoms with E-state index in [-0.39, 0.29) is 34.4 Å². The van der Waals surface area contributed by atoms with Gasteiger partial charge < -0.3 is 5.32 Å².